The SMILES string of the molecule is O=C(O)C1COCCN1Cc1cc(F)c(F)cc1F. The van der Waals surface area contributed by atoms with Crippen LogP contribution in [0.15, 0.2) is 12.1 Å². The van der Waals surface area contributed by atoms with Gasteiger partial charge in [0, 0.05) is 24.7 Å². The van der Waals surface area contributed by atoms with Crippen molar-refractivity contribution in [2.75, 3.05) is 19.8 Å². The number of halogens is 3. The topological polar surface area (TPSA) is 49.8 Å². The second-order valence-electron chi connectivity index (χ2n) is 4.26. The number of carbonyl (C=O) groups is 1. The molecular weight excluding hydrogens is 263 g/mol. The summed E-state index contributed by atoms with van der Waals surface area (Å²) in [5, 5.41) is 9.01. The highest BCUT2D eigenvalue weighted by Gasteiger charge is 2.29. The molecule has 1 saturated heterocycles. The fourth-order valence-electron chi connectivity index (χ4n) is 1.96. The number of aliphatic carboxylic acids is 1. The summed E-state index contributed by atoms with van der Waals surface area (Å²) in [7, 11) is 0. The van der Waals surface area contributed by atoms with Crippen LogP contribution in [-0.2, 0) is 16.1 Å². The lowest BCUT2D eigenvalue weighted by molar-refractivity contribution is -0.150. The highest BCUT2D eigenvalue weighted by Crippen LogP contribution is 2.18. The van der Waals surface area contributed by atoms with Crippen LogP contribution in [0.3, 0.4) is 0 Å². The molecule has 0 aliphatic carbocycles. The maximum Gasteiger partial charge on any atom is 0.323 e. The Morgan fingerprint density at radius 1 is 1.32 bits per heavy atom. The summed E-state index contributed by atoms with van der Waals surface area (Å²) in [4.78, 5) is 12.5. The van der Waals surface area contributed by atoms with E-state index in [-0.39, 0.29) is 25.3 Å². The van der Waals surface area contributed by atoms with E-state index in [1.807, 2.05) is 0 Å². The standard InChI is InChI=1S/C12H12F3NO3/c13-8-4-10(15)9(14)3-7(8)5-16-1-2-19-6-11(16)12(17)18/h3-4,11H,1-2,5-6H2,(H,17,18). The Bertz CT molecular complexity index is 495. The van der Waals surface area contributed by atoms with Gasteiger partial charge >= 0.3 is 5.97 Å². The Morgan fingerprint density at radius 2 is 2.00 bits per heavy atom. The largest absolute Gasteiger partial charge is 0.480 e. The molecule has 0 aromatic heterocycles. The molecule has 104 valence electrons. The number of nitrogens with zero attached hydrogens (tertiary/aromatic N) is 1. The average molecular weight is 275 g/mol. The van der Waals surface area contributed by atoms with Gasteiger partial charge in [0.2, 0.25) is 0 Å². The monoisotopic (exact) mass is 275 g/mol. The first-order valence-electron chi connectivity index (χ1n) is 5.67. The van der Waals surface area contributed by atoms with Crippen molar-refractivity contribution in [1.82, 2.24) is 4.90 Å². The maximum atomic E-state index is 13.5. The summed E-state index contributed by atoms with van der Waals surface area (Å²) in [6.45, 7) is 0.481. The van der Waals surface area contributed by atoms with Crippen LogP contribution in [0, 0.1) is 17.5 Å². The number of carboxylic acids is 1. The van der Waals surface area contributed by atoms with Crippen LogP contribution in [0.5, 0.6) is 0 Å². The van der Waals surface area contributed by atoms with Gasteiger partial charge in [-0.25, -0.2) is 13.2 Å². The molecule has 0 bridgehead atoms. The molecule has 0 saturated carbocycles. The lowest BCUT2D eigenvalue weighted by Crippen LogP contribution is -2.49. The third-order valence-electron chi connectivity index (χ3n) is 2.99. The number of carboxylic acid groups (broad SMARTS) is 1. The zero-order valence-electron chi connectivity index (χ0n) is 9.91. The van der Waals surface area contributed by atoms with Crippen molar-refractivity contribution in [2.45, 2.75) is 12.6 Å². The van der Waals surface area contributed by atoms with E-state index < -0.39 is 29.5 Å². The second-order valence-corrected chi connectivity index (χ2v) is 4.26. The maximum absolute atomic E-state index is 13.5. The fourth-order valence-corrected chi connectivity index (χ4v) is 1.96. The van der Waals surface area contributed by atoms with Gasteiger partial charge in [0.1, 0.15) is 11.9 Å². The van der Waals surface area contributed by atoms with Crippen LogP contribution in [0.2, 0.25) is 0 Å². The summed E-state index contributed by atoms with van der Waals surface area (Å²) >= 11 is 0. The molecule has 2 rings (SSSR count). The predicted octanol–water partition coefficient (Wildman–Crippen LogP) is 1.39. The molecule has 0 spiro atoms. The van der Waals surface area contributed by atoms with Crippen molar-refractivity contribution >= 4 is 5.97 Å². The molecule has 1 heterocycles. The Hall–Kier alpha value is -1.60. The van der Waals surface area contributed by atoms with Crippen LogP contribution < -0.4 is 0 Å². The summed E-state index contributed by atoms with van der Waals surface area (Å²) in [5.41, 5.74) is -0.0768. The number of morpholine rings is 1. The zero-order chi connectivity index (χ0) is 14.0. The van der Waals surface area contributed by atoms with Crippen molar-refractivity contribution in [1.29, 1.82) is 0 Å². The third-order valence-corrected chi connectivity index (χ3v) is 2.99. The minimum atomic E-state index is -1.27. The summed E-state index contributed by atoms with van der Waals surface area (Å²) in [6.07, 6.45) is 0. The molecule has 0 radical (unpaired) electrons. The molecule has 1 aromatic rings. The minimum Gasteiger partial charge on any atom is -0.480 e. The first-order chi connectivity index (χ1) is 8.99. The fraction of sp³-hybridized carbons (Fsp3) is 0.417. The van der Waals surface area contributed by atoms with Gasteiger partial charge in [-0.05, 0) is 6.07 Å². The van der Waals surface area contributed by atoms with Gasteiger partial charge in [-0.3, -0.25) is 9.69 Å². The van der Waals surface area contributed by atoms with E-state index in [4.69, 9.17) is 9.84 Å². The van der Waals surface area contributed by atoms with E-state index in [1.54, 1.807) is 0 Å². The summed E-state index contributed by atoms with van der Waals surface area (Å²) in [5.74, 6) is -4.41. The lowest BCUT2D eigenvalue weighted by atomic mass is 10.1. The summed E-state index contributed by atoms with van der Waals surface area (Å²) < 4.78 is 44.4. The summed E-state index contributed by atoms with van der Waals surface area (Å²) in [6, 6.07) is 0.293. The van der Waals surface area contributed by atoms with Gasteiger partial charge in [0.05, 0.1) is 13.2 Å². The van der Waals surface area contributed by atoms with Crippen molar-refractivity contribution in [3.63, 3.8) is 0 Å². The number of hydrogen-bond donors (Lipinski definition) is 1. The van der Waals surface area contributed by atoms with Crippen molar-refractivity contribution in [2.24, 2.45) is 0 Å². The average Bonchev–Trinajstić information content (AvgIpc) is 2.36. The molecule has 19 heavy (non-hydrogen) atoms. The van der Waals surface area contributed by atoms with E-state index in [0.29, 0.717) is 12.7 Å². The van der Waals surface area contributed by atoms with Crippen LogP contribution in [-0.4, -0.2) is 41.8 Å². The Kier molecular flexibility index (Phi) is 4.06. The molecule has 1 aromatic carbocycles. The lowest BCUT2D eigenvalue weighted by Gasteiger charge is -2.32. The van der Waals surface area contributed by atoms with Crippen LogP contribution in [0.1, 0.15) is 5.56 Å². The molecule has 1 aliphatic heterocycles. The van der Waals surface area contributed by atoms with Gasteiger partial charge in [0.25, 0.3) is 0 Å². The Labute approximate surface area is 107 Å². The van der Waals surface area contributed by atoms with Crippen molar-refractivity contribution in [3.8, 4) is 0 Å². The van der Waals surface area contributed by atoms with Gasteiger partial charge in [-0.2, -0.15) is 0 Å². The normalized spacial score (nSPS) is 20.5. The zero-order valence-corrected chi connectivity index (χ0v) is 9.91. The molecule has 1 atom stereocenters. The van der Waals surface area contributed by atoms with E-state index in [1.165, 1.54) is 4.90 Å². The quantitative estimate of drug-likeness (QED) is 0.847. The number of ether oxygens (including phenoxy) is 1. The molecule has 1 fully saturated rings. The molecule has 4 nitrogen and oxygen atoms in total. The van der Waals surface area contributed by atoms with Gasteiger partial charge in [-0.15, -0.1) is 0 Å². The number of rotatable bonds is 3. The third kappa shape index (κ3) is 3.05. The number of hydrogen-bond acceptors (Lipinski definition) is 3. The number of benzene rings is 1. The van der Waals surface area contributed by atoms with E-state index in [2.05, 4.69) is 0 Å². The first-order valence-corrected chi connectivity index (χ1v) is 5.67. The highest BCUT2D eigenvalue weighted by molar-refractivity contribution is 5.73. The van der Waals surface area contributed by atoms with Crippen LogP contribution in [0.25, 0.3) is 0 Å². The van der Waals surface area contributed by atoms with E-state index in [9.17, 15) is 18.0 Å². The van der Waals surface area contributed by atoms with E-state index >= 15 is 0 Å². The van der Waals surface area contributed by atoms with Crippen LogP contribution >= 0.6 is 0 Å². The second kappa shape index (κ2) is 5.58. The first kappa shape index (κ1) is 13.8. The Morgan fingerprint density at radius 3 is 2.68 bits per heavy atom. The molecular formula is C12H12F3NO3. The van der Waals surface area contributed by atoms with Gasteiger partial charge in [-0.1, -0.05) is 0 Å². The molecule has 1 aliphatic rings. The molecule has 0 amide bonds. The highest BCUT2D eigenvalue weighted by atomic mass is 19.2. The van der Waals surface area contributed by atoms with E-state index in [0.717, 1.165) is 6.07 Å². The smallest absolute Gasteiger partial charge is 0.323 e. The van der Waals surface area contributed by atoms with Crippen molar-refractivity contribution in [3.05, 3.63) is 35.1 Å². The molecule has 1 N–H and O–H groups in total. The Balaban J connectivity index is 2.19. The van der Waals surface area contributed by atoms with Crippen LogP contribution in [0.4, 0.5) is 13.2 Å². The minimum absolute atomic E-state index is 0.0133. The predicted molar refractivity (Wildman–Crippen MR) is 59.0 cm³/mol. The van der Waals surface area contributed by atoms with Crippen molar-refractivity contribution < 1.29 is 27.8 Å². The van der Waals surface area contributed by atoms with Gasteiger partial charge in [0.15, 0.2) is 11.6 Å². The molecule has 7 heteroatoms. The molecule has 1 unspecified atom stereocenters. The van der Waals surface area contributed by atoms with Gasteiger partial charge < -0.3 is 9.84 Å².